The minimum absolute atomic E-state index is 0.146. The highest BCUT2D eigenvalue weighted by molar-refractivity contribution is 14.1. The number of piperazine rings is 1. The van der Waals surface area contributed by atoms with Gasteiger partial charge in [-0.15, -0.1) is 0 Å². The number of aromatic hydroxyl groups is 1. The largest absolute Gasteiger partial charge is 0.507 e. The molecular weight excluding hydrogens is 656 g/mol. The van der Waals surface area contributed by atoms with Crippen LogP contribution in [0, 0.1) is 9.39 Å². The number of hydrogen-bond donors (Lipinski definition) is 2. The van der Waals surface area contributed by atoms with Gasteiger partial charge < -0.3 is 29.7 Å². The van der Waals surface area contributed by atoms with Crippen molar-refractivity contribution in [1.82, 2.24) is 10.2 Å². The molecule has 0 bridgehead atoms. The van der Waals surface area contributed by atoms with Crippen LogP contribution < -0.4 is 15.1 Å². The van der Waals surface area contributed by atoms with Crippen molar-refractivity contribution in [3.63, 3.8) is 0 Å². The van der Waals surface area contributed by atoms with E-state index < -0.39 is 42.2 Å². The minimum atomic E-state index is -0.912. The Morgan fingerprint density at radius 3 is 2.63 bits per heavy atom. The molecule has 2 fully saturated rings. The van der Waals surface area contributed by atoms with Crippen molar-refractivity contribution in [2.75, 3.05) is 55.7 Å². The Morgan fingerprint density at radius 1 is 1.24 bits per heavy atom. The van der Waals surface area contributed by atoms with Crippen molar-refractivity contribution in [3.05, 3.63) is 55.7 Å². The number of hydrogen-bond acceptors (Lipinski definition) is 9. The predicted molar refractivity (Wildman–Crippen MR) is 151 cm³/mol. The number of esters is 1. The summed E-state index contributed by atoms with van der Waals surface area (Å²) in [5.74, 6) is -2.60. The van der Waals surface area contributed by atoms with E-state index in [1.54, 1.807) is 17.0 Å². The number of amides is 3. The number of carbonyl (C=O) groups is 4. The molecule has 41 heavy (non-hydrogen) atoms. The Kier molecular flexibility index (Phi) is 9.34. The van der Waals surface area contributed by atoms with Gasteiger partial charge >= 0.3 is 12.1 Å². The molecule has 2 heterocycles. The number of halogens is 2. The summed E-state index contributed by atoms with van der Waals surface area (Å²) in [6.45, 7) is 2.29. The lowest BCUT2D eigenvalue weighted by atomic mass is 10.2. The second-order valence-electron chi connectivity index (χ2n) is 9.14. The monoisotopic (exact) mass is 681 g/mol. The van der Waals surface area contributed by atoms with E-state index in [-0.39, 0.29) is 43.3 Å². The van der Waals surface area contributed by atoms with Crippen LogP contribution >= 0.6 is 22.6 Å². The number of azide groups is 1. The standard InChI is InChI=1S/C25H25FIN7O7/c1-14(35)29-11-16-12-34(25(39)41-16)15-2-3-21(18(26)8-15)32-4-6-33(7-5-32)23(37)13-40-24(38)17-9-19(27)20(30-31-28)10-22(17)36/h2-3,8-10,16,36H,4-7,11-13H2,1H3,(H,29,35). The molecule has 14 nitrogen and oxygen atoms in total. The fourth-order valence-electron chi connectivity index (χ4n) is 4.35. The molecule has 2 aromatic rings. The maximum absolute atomic E-state index is 15.1. The molecule has 0 aliphatic carbocycles. The topological polar surface area (TPSA) is 177 Å². The lowest BCUT2D eigenvalue weighted by molar-refractivity contribution is -0.134. The smallest absolute Gasteiger partial charge is 0.414 e. The molecule has 0 spiro atoms. The van der Waals surface area contributed by atoms with Gasteiger partial charge in [0.1, 0.15) is 23.2 Å². The van der Waals surface area contributed by atoms with Crippen molar-refractivity contribution in [3.8, 4) is 5.75 Å². The van der Waals surface area contributed by atoms with Gasteiger partial charge in [0.15, 0.2) is 6.61 Å². The highest BCUT2D eigenvalue weighted by Crippen LogP contribution is 2.31. The average Bonchev–Trinajstić information content (AvgIpc) is 3.32. The highest BCUT2D eigenvalue weighted by Gasteiger charge is 2.33. The van der Waals surface area contributed by atoms with Crippen LogP contribution in [0.3, 0.4) is 0 Å². The third kappa shape index (κ3) is 7.07. The van der Waals surface area contributed by atoms with E-state index in [0.29, 0.717) is 28.0 Å². The van der Waals surface area contributed by atoms with Gasteiger partial charge in [0.25, 0.3) is 5.91 Å². The summed E-state index contributed by atoms with van der Waals surface area (Å²) >= 11 is 1.84. The van der Waals surface area contributed by atoms with E-state index in [4.69, 9.17) is 15.0 Å². The Hall–Kier alpha value is -4.31. The molecule has 2 aliphatic heterocycles. The molecule has 4 rings (SSSR count). The molecule has 0 radical (unpaired) electrons. The SMILES string of the molecule is CC(=O)NCC1CN(c2ccc(N3CCN(C(=O)COC(=O)c4cc(I)c(N=[N+]=[N-])cc4O)CC3)c(F)c2)C(=O)O1. The number of benzene rings is 2. The van der Waals surface area contributed by atoms with Gasteiger partial charge in [0.05, 0.1) is 30.2 Å². The Balaban J connectivity index is 1.29. The van der Waals surface area contributed by atoms with E-state index >= 15 is 4.39 Å². The molecule has 2 saturated heterocycles. The Labute approximate surface area is 246 Å². The predicted octanol–water partition coefficient (Wildman–Crippen LogP) is 3.04. The van der Waals surface area contributed by atoms with E-state index in [1.165, 1.54) is 28.9 Å². The summed E-state index contributed by atoms with van der Waals surface area (Å²) in [5.41, 5.74) is 9.17. The normalized spacial score (nSPS) is 16.6. The number of rotatable bonds is 8. The molecule has 2 aliphatic rings. The minimum Gasteiger partial charge on any atom is -0.507 e. The van der Waals surface area contributed by atoms with Crippen LogP contribution in [0.5, 0.6) is 5.75 Å². The van der Waals surface area contributed by atoms with Gasteiger partial charge in [-0.1, -0.05) is 5.11 Å². The molecular formula is C25H25FIN7O7. The summed E-state index contributed by atoms with van der Waals surface area (Å²) in [4.78, 5) is 55.6. The number of nitrogens with one attached hydrogen (secondary N) is 1. The van der Waals surface area contributed by atoms with E-state index in [9.17, 15) is 24.3 Å². The second-order valence-corrected chi connectivity index (χ2v) is 10.3. The number of nitrogens with zero attached hydrogens (tertiary/aromatic N) is 6. The van der Waals surface area contributed by atoms with Crippen LogP contribution in [0.15, 0.2) is 35.4 Å². The van der Waals surface area contributed by atoms with Crippen molar-refractivity contribution in [1.29, 1.82) is 0 Å². The summed E-state index contributed by atoms with van der Waals surface area (Å²) in [6.07, 6.45) is -1.17. The zero-order chi connectivity index (χ0) is 29.7. The Bertz CT molecular complexity index is 1430. The lowest BCUT2D eigenvalue weighted by Gasteiger charge is -2.36. The van der Waals surface area contributed by atoms with Gasteiger partial charge in [0, 0.05) is 41.6 Å². The van der Waals surface area contributed by atoms with Gasteiger partial charge in [-0.2, -0.15) is 0 Å². The van der Waals surface area contributed by atoms with Gasteiger partial charge in [-0.25, -0.2) is 14.0 Å². The number of anilines is 2. The molecule has 1 unspecified atom stereocenters. The molecule has 3 amide bonds. The van der Waals surface area contributed by atoms with E-state index in [1.807, 2.05) is 22.6 Å². The van der Waals surface area contributed by atoms with Gasteiger partial charge in [-0.3, -0.25) is 14.5 Å². The number of carbonyl (C=O) groups excluding carboxylic acids is 4. The first kappa shape index (κ1) is 29.7. The average molecular weight is 681 g/mol. The molecule has 16 heteroatoms. The number of phenols is 1. The molecule has 216 valence electrons. The van der Waals surface area contributed by atoms with Crippen LogP contribution in [0.4, 0.5) is 26.2 Å². The fourth-order valence-corrected chi connectivity index (χ4v) is 4.92. The highest BCUT2D eigenvalue weighted by atomic mass is 127. The third-order valence-corrected chi connectivity index (χ3v) is 7.30. The zero-order valence-corrected chi connectivity index (χ0v) is 23.9. The number of cyclic esters (lactones) is 1. The number of phenolic OH excluding ortho intramolecular Hbond substituents is 1. The maximum atomic E-state index is 15.1. The van der Waals surface area contributed by atoms with Crippen molar-refractivity contribution >= 4 is 63.5 Å². The summed E-state index contributed by atoms with van der Waals surface area (Å²) in [7, 11) is 0. The quantitative estimate of drug-likeness (QED) is 0.140. The lowest BCUT2D eigenvalue weighted by Crippen LogP contribution is -2.50. The Morgan fingerprint density at radius 2 is 1.98 bits per heavy atom. The zero-order valence-electron chi connectivity index (χ0n) is 21.7. The van der Waals surface area contributed by atoms with Crippen molar-refractivity contribution in [2.45, 2.75) is 13.0 Å². The summed E-state index contributed by atoms with van der Waals surface area (Å²) < 4.78 is 25.8. The third-order valence-electron chi connectivity index (χ3n) is 6.43. The van der Waals surface area contributed by atoms with Gasteiger partial charge in [-0.05, 0) is 58.5 Å². The fraction of sp³-hybridized carbons (Fsp3) is 0.360. The van der Waals surface area contributed by atoms with Crippen LogP contribution in [0.1, 0.15) is 17.3 Å². The number of ether oxygens (including phenoxy) is 2. The van der Waals surface area contributed by atoms with Crippen molar-refractivity contribution in [2.24, 2.45) is 5.11 Å². The van der Waals surface area contributed by atoms with Crippen molar-refractivity contribution < 1.29 is 38.1 Å². The van der Waals surface area contributed by atoms with Crippen LogP contribution in [-0.2, 0) is 19.1 Å². The van der Waals surface area contributed by atoms with Crippen LogP contribution in [0.2, 0.25) is 0 Å². The van der Waals surface area contributed by atoms with Gasteiger partial charge in [0.2, 0.25) is 5.91 Å². The van der Waals surface area contributed by atoms with E-state index in [0.717, 1.165) is 6.07 Å². The molecule has 0 aromatic heterocycles. The first-order valence-corrected chi connectivity index (χ1v) is 13.4. The first-order chi connectivity index (χ1) is 19.6. The first-order valence-electron chi connectivity index (χ1n) is 12.4. The summed E-state index contributed by atoms with van der Waals surface area (Å²) in [6, 6.07) is 6.82. The molecule has 2 N–H and O–H groups in total. The van der Waals surface area contributed by atoms with Crippen LogP contribution in [0.25, 0.3) is 10.4 Å². The second kappa shape index (κ2) is 12.9. The molecule has 2 aromatic carbocycles. The molecule has 0 saturated carbocycles. The van der Waals surface area contributed by atoms with Crippen LogP contribution in [-0.4, -0.2) is 85.9 Å². The maximum Gasteiger partial charge on any atom is 0.414 e. The summed E-state index contributed by atoms with van der Waals surface area (Å²) in [5, 5.41) is 16.1. The molecule has 1 atom stereocenters. The van der Waals surface area contributed by atoms with E-state index in [2.05, 4.69) is 15.3 Å².